The first-order chi connectivity index (χ1) is 8.81. The van der Waals surface area contributed by atoms with Gasteiger partial charge in [0, 0.05) is 12.5 Å². The molecule has 1 aromatic carbocycles. The Hall–Kier alpha value is -1.98. The van der Waals surface area contributed by atoms with Gasteiger partial charge in [0.1, 0.15) is 5.69 Å². The minimum Gasteiger partial charge on any atom is -0.382 e. The van der Waals surface area contributed by atoms with Crippen molar-refractivity contribution in [1.29, 1.82) is 0 Å². The Balaban J connectivity index is 2.04. The Bertz CT molecular complexity index is 543. The van der Waals surface area contributed by atoms with Crippen LogP contribution in [0.25, 0.3) is 10.9 Å². The van der Waals surface area contributed by atoms with Gasteiger partial charge in [0.25, 0.3) is 5.91 Å². The van der Waals surface area contributed by atoms with E-state index in [0.717, 1.165) is 10.9 Å². The highest BCUT2D eigenvalue weighted by Crippen LogP contribution is 2.11. The molecule has 0 aliphatic rings. The van der Waals surface area contributed by atoms with Crippen LogP contribution in [-0.2, 0) is 9.57 Å². The molecule has 0 spiro atoms. The van der Waals surface area contributed by atoms with Crippen molar-refractivity contribution in [1.82, 2.24) is 10.5 Å². The zero-order chi connectivity index (χ0) is 12.8. The maximum Gasteiger partial charge on any atom is 0.293 e. The third-order valence-electron chi connectivity index (χ3n) is 2.39. The van der Waals surface area contributed by atoms with Gasteiger partial charge in [0.2, 0.25) is 0 Å². The molecule has 0 atom stereocenters. The second kappa shape index (κ2) is 6.09. The van der Waals surface area contributed by atoms with Crippen molar-refractivity contribution in [2.75, 3.05) is 20.3 Å². The summed E-state index contributed by atoms with van der Waals surface area (Å²) in [6.45, 7) is 0.723. The molecule has 1 N–H and O–H groups in total. The molecule has 94 valence electrons. The number of hydrogen-bond acceptors (Lipinski definition) is 4. The number of nitrogens with one attached hydrogen (secondary N) is 1. The van der Waals surface area contributed by atoms with Gasteiger partial charge >= 0.3 is 0 Å². The Morgan fingerprint density at radius 3 is 2.89 bits per heavy atom. The lowest BCUT2D eigenvalue weighted by atomic mass is 10.2. The van der Waals surface area contributed by atoms with Gasteiger partial charge in [0.15, 0.2) is 0 Å². The number of pyridine rings is 1. The molecule has 5 heteroatoms. The Labute approximate surface area is 105 Å². The Kier molecular flexibility index (Phi) is 4.22. The quantitative estimate of drug-likeness (QED) is 0.642. The third-order valence-corrected chi connectivity index (χ3v) is 2.39. The number of benzene rings is 1. The second-order valence-electron chi connectivity index (χ2n) is 3.66. The van der Waals surface area contributed by atoms with E-state index in [1.165, 1.54) is 0 Å². The number of ether oxygens (including phenoxy) is 1. The summed E-state index contributed by atoms with van der Waals surface area (Å²) in [5.74, 6) is -0.364. The van der Waals surface area contributed by atoms with Crippen LogP contribution in [0.1, 0.15) is 10.5 Å². The number of methoxy groups -OCH3 is 1. The van der Waals surface area contributed by atoms with Crippen LogP contribution in [-0.4, -0.2) is 31.2 Å². The zero-order valence-electron chi connectivity index (χ0n) is 10.1. The van der Waals surface area contributed by atoms with Gasteiger partial charge in [-0.2, -0.15) is 0 Å². The van der Waals surface area contributed by atoms with E-state index in [0.29, 0.717) is 18.9 Å². The van der Waals surface area contributed by atoms with Crippen LogP contribution in [0.4, 0.5) is 0 Å². The van der Waals surface area contributed by atoms with E-state index in [1.807, 2.05) is 30.3 Å². The summed E-state index contributed by atoms with van der Waals surface area (Å²) < 4.78 is 4.80. The summed E-state index contributed by atoms with van der Waals surface area (Å²) in [7, 11) is 1.57. The van der Waals surface area contributed by atoms with Crippen LogP contribution in [0.2, 0.25) is 0 Å². The zero-order valence-corrected chi connectivity index (χ0v) is 10.1. The summed E-state index contributed by atoms with van der Waals surface area (Å²) in [5, 5.41) is 0.995. The summed E-state index contributed by atoms with van der Waals surface area (Å²) in [6, 6.07) is 11.1. The molecule has 1 heterocycles. The number of aromatic nitrogens is 1. The molecule has 0 aliphatic carbocycles. The Morgan fingerprint density at radius 2 is 2.06 bits per heavy atom. The predicted octanol–water partition coefficient (Wildman–Crippen LogP) is 1.54. The highest BCUT2D eigenvalue weighted by Gasteiger charge is 2.07. The van der Waals surface area contributed by atoms with Gasteiger partial charge in [-0.3, -0.25) is 9.63 Å². The highest BCUT2D eigenvalue weighted by atomic mass is 16.7. The van der Waals surface area contributed by atoms with Crippen LogP contribution in [0.5, 0.6) is 0 Å². The number of hydroxylamine groups is 1. The summed E-state index contributed by atoms with van der Waals surface area (Å²) in [4.78, 5) is 20.9. The smallest absolute Gasteiger partial charge is 0.293 e. The number of para-hydroxylation sites is 1. The standard InChI is InChI=1S/C13H14N2O3/c1-17-8-9-18-15-13(16)12-7-6-10-4-2-3-5-11(10)14-12/h2-7H,8-9H2,1H3,(H,15,16). The molecule has 5 nitrogen and oxygen atoms in total. The van der Waals surface area contributed by atoms with Gasteiger partial charge in [-0.05, 0) is 12.1 Å². The summed E-state index contributed by atoms with van der Waals surface area (Å²) in [5.41, 5.74) is 3.42. The second-order valence-corrected chi connectivity index (χ2v) is 3.66. The highest BCUT2D eigenvalue weighted by molar-refractivity contribution is 5.94. The van der Waals surface area contributed by atoms with Gasteiger partial charge in [-0.15, -0.1) is 0 Å². The first kappa shape index (κ1) is 12.5. The molecule has 0 saturated heterocycles. The van der Waals surface area contributed by atoms with Crippen molar-refractivity contribution < 1.29 is 14.4 Å². The number of rotatable bonds is 5. The molecule has 18 heavy (non-hydrogen) atoms. The van der Waals surface area contributed by atoms with E-state index < -0.39 is 0 Å². The first-order valence-electron chi connectivity index (χ1n) is 5.58. The molecule has 2 rings (SSSR count). The van der Waals surface area contributed by atoms with Crippen molar-refractivity contribution in [2.24, 2.45) is 0 Å². The van der Waals surface area contributed by atoms with E-state index in [-0.39, 0.29) is 5.91 Å². The minimum atomic E-state index is -0.364. The topological polar surface area (TPSA) is 60.5 Å². The fraction of sp³-hybridized carbons (Fsp3) is 0.231. The molecule has 0 radical (unpaired) electrons. The fourth-order valence-corrected chi connectivity index (χ4v) is 1.49. The van der Waals surface area contributed by atoms with E-state index in [2.05, 4.69) is 10.5 Å². The van der Waals surface area contributed by atoms with Crippen LogP contribution >= 0.6 is 0 Å². The molecule has 1 aromatic heterocycles. The lowest BCUT2D eigenvalue weighted by Gasteiger charge is -2.05. The average Bonchev–Trinajstić information content (AvgIpc) is 2.43. The monoisotopic (exact) mass is 246 g/mol. The normalized spacial score (nSPS) is 10.5. The van der Waals surface area contributed by atoms with Crippen LogP contribution < -0.4 is 5.48 Å². The van der Waals surface area contributed by atoms with Gasteiger partial charge in [-0.1, -0.05) is 24.3 Å². The number of nitrogens with zero attached hydrogens (tertiary/aromatic N) is 1. The van der Waals surface area contributed by atoms with Crippen LogP contribution in [0, 0.1) is 0 Å². The molecule has 2 aromatic rings. The number of carbonyl (C=O) groups excluding carboxylic acids is 1. The van der Waals surface area contributed by atoms with Gasteiger partial charge in [-0.25, -0.2) is 10.5 Å². The maximum absolute atomic E-state index is 11.7. The molecule has 0 fully saturated rings. The Morgan fingerprint density at radius 1 is 1.22 bits per heavy atom. The van der Waals surface area contributed by atoms with Crippen LogP contribution in [0.3, 0.4) is 0 Å². The SMILES string of the molecule is COCCONC(=O)c1ccc2ccccc2n1. The molecule has 0 aliphatic heterocycles. The van der Waals surface area contributed by atoms with E-state index in [4.69, 9.17) is 9.57 Å². The van der Waals surface area contributed by atoms with Crippen molar-refractivity contribution in [3.8, 4) is 0 Å². The van der Waals surface area contributed by atoms with E-state index in [9.17, 15) is 4.79 Å². The largest absolute Gasteiger partial charge is 0.382 e. The maximum atomic E-state index is 11.7. The van der Waals surface area contributed by atoms with Gasteiger partial charge in [0.05, 0.1) is 18.7 Å². The fourth-order valence-electron chi connectivity index (χ4n) is 1.49. The predicted molar refractivity (Wildman–Crippen MR) is 67.0 cm³/mol. The van der Waals surface area contributed by atoms with Crippen molar-refractivity contribution in [3.63, 3.8) is 0 Å². The summed E-state index contributed by atoms with van der Waals surface area (Å²) in [6.07, 6.45) is 0. The molecular weight excluding hydrogens is 232 g/mol. The lowest BCUT2D eigenvalue weighted by Crippen LogP contribution is -2.26. The third kappa shape index (κ3) is 3.03. The average molecular weight is 246 g/mol. The number of fused-ring (bicyclic) bond motifs is 1. The van der Waals surface area contributed by atoms with E-state index in [1.54, 1.807) is 13.2 Å². The molecule has 0 unspecified atom stereocenters. The first-order valence-corrected chi connectivity index (χ1v) is 5.58. The molecule has 1 amide bonds. The van der Waals surface area contributed by atoms with Crippen molar-refractivity contribution in [3.05, 3.63) is 42.1 Å². The minimum absolute atomic E-state index is 0.301. The van der Waals surface area contributed by atoms with Crippen molar-refractivity contribution >= 4 is 16.8 Å². The van der Waals surface area contributed by atoms with E-state index >= 15 is 0 Å². The molecular formula is C13H14N2O3. The lowest BCUT2D eigenvalue weighted by molar-refractivity contribution is 0.00860. The number of hydrogen-bond donors (Lipinski definition) is 1. The molecule has 0 saturated carbocycles. The summed E-state index contributed by atoms with van der Waals surface area (Å²) >= 11 is 0. The van der Waals surface area contributed by atoms with Crippen molar-refractivity contribution in [2.45, 2.75) is 0 Å². The number of carbonyl (C=O) groups is 1. The number of amides is 1. The van der Waals surface area contributed by atoms with Crippen LogP contribution in [0.15, 0.2) is 36.4 Å². The molecule has 0 bridgehead atoms. The van der Waals surface area contributed by atoms with Gasteiger partial charge < -0.3 is 4.74 Å².